The van der Waals surface area contributed by atoms with E-state index in [1.807, 2.05) is 36.6 Å². The van der Waals surface area contributed by atoms with E-state index in [0.717, 1.165) is 10.5 Å². The van der Waals surface area contributed by atoms with Crippen LogP contribution in [0.1, 0.15) is 11.7 Å². The van der Waals surface area contributed by atoms with Crippen molar-refractivity contribution in [2.75, 3.05) is 11.6 Å². The molecule has 0 spiro atoms. The molecule has 0 aromatic heterocycles. The van der Waals surface area contributed by atoms with Crippen LogP contribution in [0.2, 0.25) is 0 Å². The number of hydrogen-bond donors (Lipinski definition) is 2. The summed E-state index contributed by atoms with van der Waals surface area (Å²) in [6.45, 7) is 0. The molecule has 0 radical (unpaired) electrons. The summed E-state index contributed by atoms with van der Waals surface area (Å²) in [5.74, 6) is 0. The van der Waals surface area contributed by atoms with Crippen molar-refractivity contribution >= 4 is 27.5 Å². The third kappa shape index (κ3) is 2.42. The Balaban J connectivity index is 1.98. The fourth-order valence-electron chi connectivity index (χ4n) is 2.17. The number of sulfonamides is 1. The molecule has 6 heteroatoms. The van der Waals surface area contributed by atoms with E-state index in [4.69, 9.17) is 0 Å². The summed E-state index contributed by atoms with van der Waals surface area (Å²) < 4.78 is 27.1. The maximum absolute atomic E-state index is 12.2. The van der Waals surface area contributed by atoms with Crippen LogP contribution < -0.4 is 10.0 Å². The molecule has 1 heterocycles. The van der Waals surface area contributed by atoms with Crippen molar-refractivity contribution in [2.24, 2.45) is 0 Å². The Morgan fingerprint density at radius 2 is 1.75 bits per heavy atom. The van der Waals surface area contributed by atoms with Crippen LogP contribution in [0.5, 0.6) is 0 Å². The minimum absolute atomic E-state index is 0.289. The van der Waals surface area contributed by atoms with Gasteiger partial charge in [-0.15, -0.1) is 11.8 Å². The highest BCUT2D eigenvalue weighted by Crippen LogP contribution is 2.31. The summed E-state index contributed by atoms with van der Waals surface area (Å²) in [4.78, 5) is 1.44. The van der Waals surface area contributed by atoms with Crippen molar-refractivity contribution < 1.29 is 8.42 Å². The summed E-state index contributed by atoms with van der Waals surface area (Å²) in [5, 5.41) is 3.21. The highest BCUT2D eigenvalue weighted by molar-refractivity contribution is 7.98. The molecule has 0 saturated heterocycles. The van der Waals surface area contributed by atoms with Gasteiger partial charge in [0.25, 0.3) is 0 Å². The largest absolute Gasteiger partial charge is 0.364 e. The Bertz CT molecular complexity index is 727. The normalized spacial score (nSPS) is 19.9. The van der Waals surface area contributed by atoms with Crippen LogP contribution in [0.4, 0.5) is 5.69 Å². The predicted octanol–water partition coefficient (Wildman–Crippen LogP) is 2.81. The van der Waals surface area contributed by atoms with Gasteiger partial charge in [-0.05, 0) is 36.1 Å². The zero-order valence-electron chi connectivity index (χ0n) is 10.8. The summed E-state index contributed by atoms with van der Waals surface area (Å²) in [7, 11) is -3.47. The number of para-hydroxylation sites is 1. The Morgan fingerprint density at radius 3 is 2.45 bits per heavy atom. The fourth-order valence-corrected chi connectivity index (χ4v) is 3.89. The van der Waals surface area contributed by atoms with Crippen LogP contribution >= 0.6 is 11.8 Å². The fraction of sp³-hybridized carbons (Fsp3) is 0.143. The lowest BCUT2D eigenvalue weighted by Gasteiger charge is -2.28. The molecule has 104 valence electrons. The minimum Gasteiger partial charge on any atom is -0.364 e. The maximum atomic E-state index is 12.2. The van der Waals surface area contributed by atoms with Gasteiger partial charge in [0.2, 0.25) is 10.0 Å². The highest BCUT2D eigenvalue weighted by atomic mass is 32.2. The van der Waals surface area contributed by atoms with E-state index in [9.17, 15) is 8.42 Å². The molecular weight excluding hydrogens is 292 g/mol. The van der Waals surface area contributed by atoms with Crippen molar-refractivity contribution in [1.29, 1.82) is 0 Å². The van der Waals surface area contributed by atoms with E-state index in [-0.39, 0.29) is 4.90 Å². The van der Waals surface area contributed by atoms with Crippen LogP contribution in [-0.2, 0) is 10.0 Å². The highest BCUT2D eigenvalue weighted by Gasteiger charge is 2.29. The molecule has 0 unspecified atom stereocenters. The van der Waals surface area contributed by atoms with Crippen LogP contribution in [0.3, 0.4) is 0 Å². The molecule has 4 nitrogen and oxygen atoms in total. The van der Waals surface area contributed by atoms with Crippen molar-refractivity contribution in [3.63, 3.8) is 0 Å². The molecule has 0 aliphatic carbocycles. The zero-order valence-corrected chi connectivity index (χ0v) is 12.5. The number of nitrogens with one attached hydrogen (secondary N) is 2. The van der Waals surface area contributed by atoms with E-state index in [0.29, 0.717) is 5.69 Å². The van der Waals surface area contributed by atoms with Crippen molar-refractivity contribution in [2.45, 2.75) is 16.0 Å². The predicted molar refractivity (Wildman–Crippen MR) is 81.4 cm³/mol. The summed E-state index contributed by atoms with van der Waals surface area (Å²) >= 11 is 1.65. The average molecular weight is 306 g/mol. The molecule has 0 amide bonds. The molecule has 1 atom stereocenters. The van der Waals surface area contributed by atoms with Crippen LogP contribution in [0.15, 0.2) is 58.3 Å². The van der Waals surface area contributed by atoms with E-state index in [2.05, 4.69) is 10.0 Å². The second kappa shape index (κ2) is 5.12. The van der Waals surface area contributed by atoms with Crippen LogP contribution in [-0.4, -0.2) is 14.7 Å². The molecule has 2 aromatic carbocycles. The molecule has 0 fully saturated rings. The van der Waals surface area contributed by atoms with Crippen molar-refractivity contribution in [3.05, 3.63) is 54.1 Å². The van der Waals surface area contributed by atoms with Crippen molar-refractivity contribution in [3.8, 4) is 0 Å². The molecule has 0 saturated carbocycles. The van der Waals surface area contributed by atoms with E-state index in [1.54, 1.807) is 30.0 Å². The van der Waals surface area contributed by atoms with Gasteiger partial charge in [0.05, 0.1) is 5.69 Å². The van der Waals surface area contributed by atoms with Gasteiger partial charge in [-0.2, -0.15) is 4.72 Å². The smallest absolute Gasteiger partial charge is 0.244 e. The van der Waals surface area contributed by atoms with Crippen LogP contribution in [0, 0.1) is 0 Å². The molecule has 0 bridgehead atoms. The van der Waals surface area contributed by atoms with Gasteiger partial charge in [-0.1, -0.05) is 24.3 Å². The molecule has 2 aromatic rings. The average Bonchev–Trinajstić information content (AvgIpc) is 2.47. The van der Waals surface area contributed by atoms with Crippen molar-refractivity contribution in [1.82, 2.24) is 4.72 Å². The molecule has 1 aliphatic heterocycles. The van der Waals surface area contributed by atoms with Gasteiger partial charge >= 0.3 is 0 Å². The Kier molecular flexibility index (Phi) is 3.45. The number of anilines is 1. The standard InChI is InChI=1S/C14H14N2O2S2/c1-19-11-8-6-10(7-9-11)14-15-12-4-2-3-5-13(12)20(17,18)16-14/h2-9,14-16H,1H3/t14-/m0/s1. The Labute approximate surface area is 122 Å². The zero-order chi connectivity index (χ0) is 14.2. The summed E-state index contributed by atoms with van der Waals surface area (Å²) in [5.41, 5.74) is 1.52. The van der Waals surface area contributed by atoms with E-state index >= 15 is 0 Å². The second-order valence-electron chi connectivity index (χ2n) is 4.47. The topological polar surface area (TPSA) is 58.2 Å². The van der Waals surface area contributed by atoms with Gasteiger partial charge < -0.3 is 5.32 Å². The van der Waals surface area contributed by atoms with E-state index in [1.165, 1.54) is 0 Å². The maximum Gasteiger partial charge on any atom is 0.244 e. The molecule has 2 N–H and O–H groups in total. The number of benzene rings is 2. The lowest BCUT2D eigenvalue weighted by Crippen LogP contribution is -2.38. The molecular formula is C14H14N2O2S2. The number of hydrogen-bond acceptors (Lipinski definition) is 4. The molecule has 3 rings (SSSR count). The minimum atomic E-state index is -3.47. The van der Waals surface area contributed by atoms with Gasteiger partial charge in [0.1, 0.15) is 11.1 Å². The van der Waals surface area contributed by atoms with Crippen LogP contribution in [0.25, 0.3) is 0 Å². The van der Waals surface area contributed by atoms with E-state index < -0.39 is 16.2 Å². The molecule has 1 aliphatic rings. The summed E-state index contributed by atoms with van der Waals surface area (Å²) in [6.07, 6.45) is 1.57. The summed E-state index contributed by atoms with van der Waals surface area (Å²) in [6, 6.07) is 14.7. The third-order valence-corrected chi connectivity index (χ3v) is 5.42. The second-order valence-corrected chi connectivity index (χ2v) is 7.03. The first kappa shape index (κ1) is 13.5. The monoisotopic (exact) mass is 306 g/mol. The Hall–Kier alpha value is -1.50. The van der Waals surface area contributed by atoms with Gasteiger partial charge in [0, 0.05) is 4.90 Å². The SMILES string of the molecule is CSc1ccc([C@H]2Nc3ccccc3S(=O)(=O)N2)cc1. The van der Waals surface area contributed by atoms with Gasteiger partial charge in [-0.25, -0.2) is 8.42 Å². The first-order valence-electron chi connectivity index (χ1n) is 6.12. The van der Waals surface area contributed by atoms with Gasteiger partial charge in [0.15, 0.2) is 0 Å². The number of thioether (sulfide) groups is 1. The molecule has 20 heavy (non-hydrogen) atoms. The lowest BCUT2D eigenvalue weighted by molar-refractivity contribution is 0.562. The number of fused-ring (bicyclic) bond motifs is 1. The lowest BCUT2D eigenvalue weighted by atomic mass is 10.1. The quantitative estimate of drug-likeness (QED) is 0.838. The number of rotatable bonds is 2. The van der Waals surface area contributed by atoms with Gasteiger partial charge in [-0.3, -0.25) is 0 Å². The third-order valence-electron chi connectivity index (χ3n) is 3.20. The Morgan fingerprint density at radius 1 is 1.05 bits per heavy atom. The first-order valence-corrected chi connectivity index (χ1v) is 8.83. The first-order chi connectivity index (χ1) is 9.60.